The molecule has 2 heterocycles. The third kappa shape index (κ3) is 4.97. The fourth-order valence-electron chi connectivity index (χ4n) is 4.78. The smallest absolute Gasteiger partial charge is 0.227 e. The molecule has 0 aliphatic carbocycles. The van der Waals surface area contributed by atoms with Crippen LogP contribution in [0.3, 0.4) is 0 Å². The molecule has 2 aliphatic heterocycles. The van der Waals surface area contributed by atoms with Crippen LogP contribution < -0.4 is 24.4 Å². The van der Waals surface area contributed by atoms with Crippen molar-refractivity contribution in [1.82, 2.24) is 5.32 Å². The molecule has 0 radical (unpaired) electrons. The van der Waals surface area contributed by atoms with Gasteiger partial charge in [-0.1, -0.05) is 6.07 Å². The molecular formula is C26H32N2O6. The van der Waals surface area contributed by atoms with Crippen LogP contribution in [0.25, 0.3) is 0 Å². The van der Waals surface area contributed by atoms with Crippen molar-refractivity contribution >= 4 is 17.5 Å². The highest BCUT2D eigenvalue weighted by atomic mass is 16.5. The summed E-state index contributed by atoms with van der Waals surface area (Å²) in [5, 5.41) is 3.07. The fraction of sp³-hybridized carbons (Fsp3) is 0.462. The van der Waals surface area contributed by atoms with E-state index in [4.69, 9.17) is 18.9 Å². The third-order valence-electron chi connectivity index (χ3n) is 6.56. The number of carbonyl (C=O) groups excluding carboxylic acids is 2. The zero-order chi connectivity index (χ0) is 24.1. The summed E-state index contributed by atoms with van der Waals surface area (Å²) in [5.74, 6) is 1.28. The summed E-state index contributed by atoms with van der Waals surface area (Å²) in [6.07, 6.45) is 2.75. The Morgan fingerprint density at radius 2 is 1.79 bits per heavy atom. The van der Waals surface area contributed by atoms with E-state index in [0.29, 0.717) is 35.9 Å². The first-order chi connectivity index (χ1) is 16.5. The number of anilines is 1. The lowest BCUT2D eigenvalue weighted by atomic mass is 9.83. The van der Waals surface area contributed by atoms with Gasteiger partial charge >= 0.3 is 0 Å². The third-order valence-corrected chi connectivity index (χ3v) is 6.56. The Bertz CT molecular complexity index is 1000. The van der Waals surface area contributed by atoms with Gasteiger partial charge in [0.15, 0.2) is 11.5 Å². The average Bonchev–Trinajstić information content (AvgIpc) is 3.40. The van der Waals surface area contributed by atoms with Crippen LogP contribution in [0.15, 0.2) is 42.5 Å². The molecule has 0 saturated carbocycles. The maximum absolute atomic E-state index is 13.4. The van der Waals surface area contributed by atoms with Gasteiger partial charge in [-0.05, 0) is 61.2 Å². The molecular weight excluding hydrogens is 436 g/mol. The van der Waals surface area contributed by atoms with Crippen LogP contribution in [0.5, 0.6) is 17.2 Å². The van der Waals surface area contributed by atoms with Gasteiger partial charge in [0, 0.05) is 25.3 Å². The Hall–Kier alpha value is -3.26. The number of nitrogens with one attached hydrogen (secondary N) is 1. The Morgan fingerprint density at radius 1 is 1.03 bits per heavy atom. The Kier molecular flexibility index (Phi) is 7.57. The molecule has 1 N–H and O–H groups in total. The zero-order valence-electron chi connectivity index (χ0n) is 19.9. The van der Waals surface area contributed by atoms with Crippen molar-refractivity contribution in [2.45, 2.75) is 37.8 Å². The highest BCUT2D eigenvalue weighted by Crippen LogP contribution is 2.42. The minimum atomic E-state index is -0.501. The van der Waals surface area contributed by atoms with E-state index >= 15 is 0 Å². The molecule has 3 atom stereocenters. The van der Waals surface area contributed by atoms with Gasteiger partial charge in [-0.3, -0.25) is 9.59 Å². The van der Waals surface area contributed by atoms with Gasteiger partial charge < -0.3 is 29.2 Å². The summed E-state index contributed by atoms with van der Waals surface area (Å²) < 4.78 is 21.9. The summed E-state index contributed by atoms with van der Waals surface area (Å²) in [6.45, 7) is 1.21. The van der Waals surface area contributed by atoms with E-state index in [-0.39, 0.29) is 24.3 Å². The summed E-state index contributed by atoms with van der Waals surface area (Å²) >= 11 is 0. The summed E-state index contributed by atoms with van der Waals surface area (Å²) in [5.41, 5.74) is 1.51. The van der Waals surface area contributed by atoms with E-state index < -0.39 is 12.0 Å². The summed E-state index contributed by atoms with van der Waals surface area (Å²) in [6, 6.07) is 12.4. The lowest BCUT2D eigenvalue weighted by Crippen LogP contribution is -2.49. The number of methoxy groups -OCH3 is 3. The van der Waals surface area contributed by atoms with Crippen molar-refractivity contribution in [3.8, 4) is 17.2 Å². The van der Waals surface area contributed by atoms with Crippen molar-refractivity contribution in [3.05, 3.63) is 48.0 Å². The van der Waals surface area contributed by atoms with Gasteiger partial charge in [0.05, 0.1) is 39.4 Å². The van der Waals surface area contributed by atoms with Crippen LogP contribution in [0.2, 0.25) is 0 Å². The molecule has 8 heteroatoms. The molecule has 0 spiro atoms. The molecule has 3 unspecified atom stereocenters. The van der Waals surface area contributed by atoms with E-state index in [1.807, 2.05) is 36.4 Å². The number of rotatable bonds is 8. The lowest BCUT2D eigenvalue weighted by molar-refractivity contribution is -0.129. The van der Waals surface area contributed by atoms with Crippen molar-refractivity contribution in [1.29, 1.82) is 0 Å². The zero-order valence-corrected chi connectivity index (χ0v) is 19.9. The van der Waals surface area contributed by atoms with Gasteiger partial charge in [0.25, 0.3) is 0 Å². The number of carbonyl (C=O) groups is 2. The van der Waals surface area contributed by atoms with Crippen molar-refractivity contribution in [2.75, 3.05) is 39.4 Å². The maximum Gasteiger partial charge on any atom is 0.227 e. The monoisotopic (exact) mass is 468 g/mol. The van der Waals surface area contributed by atoms with Gasteiger partial charge in [-0.2, -0.15) is 0 Å². The second-order valence-corrected chi connectivity index (χ2v) is 8.55. The molecule has 2 amide bonds. The first kappa shape index (κ1) is 23.9. The number of hydrogen-bond acceptors (Lipinski definition) is 6. The first-order valence-electron chi connectivity index (χ1n) is 11.6. The van der Waals surface area contributed by atoms with Crippen molar-refractivity contribution in [3.63, 3.8) is 0 Å². The van der Waals surface area contributed by atoms with E-state index in [2.05, 4.69) is 5.32 Å². The topological polar surface area (TPSA) is 86.3 Å². The van der Waals surface area contributed by atoms with E-state index in [1.54, 1.807) is 32.3 Å². The molecule has 2 fully saturated rings. The van der Waals surface area contributed by atoms with Gasteiger partial charge in [-0.25, -0.2) is 0 Å². The first-order valence-corrected chi connectivity index (χ1v) is 11.6. The predicted octanol–water partition coefficient (Wildman–Crippen LogP) is 3.49. The summed E-state index contributed by atoms with van der Waals surface area (Å²) in [7, 11) is 4.75. The standard InChI is InChI=1S/C26H32N2O6/c1-31-19-9-7-18(8-10-19)28-24(29)13-11-21(26(30)27-16-20-5-4-14-34-20)25(28)17-6-12-22(32-2)23(15-17)33-3/h6-10,12,15,20-21,25H,4-5,11,13-14,16H2,1-3H3,(H,27,30). The molecule has 0 aromatic heterocycles. The molecule has 2 aromatic carbocycles. The van der Waals surface area contributed by atoms with E-state index in [9.17, 15) is 9.59 Å². The number of amides is 2. The van der Waals surface area contributed by atoms with E-state index in [1.165, 1.54) is 0 Å². The Labute approximate surface area is 200 Å². The molecule has 8 nitrogen and oxygen atoms in total. The largest absolute Gasteiger partial charge is 0.497 e. The number of benzene rings is 2. The molecule has 2 aliphatic rings. The molecule has 34 heavy (non-hydrogen) atoms. The molecule has 182 valence electrons. The maximum atomic E-state index is 13.4. The fourth-order valence-corrected chi connectivity index (χ4v) is 4.78. The van der Waals surface area contributed by atoms with Crippen LogP contribution >= 0.6 is 0 Å². The number of hydrogen-bond donors (Lipinski definition) is 1. The lowest BCUT2D eigenvalue weighted by Gasteiger charge is -2.41. The predicted molar refractivity (Wildman–Crippen MR) is 127 cm³/mol. The Balaban J connectivity index is 1.70. The van der Waals surface area contributed by atoms with Crippen LogP contribution in [0.4, 0.5) is 5.69 Å². The van der Waals surface area contributed by atoms with Crippen LogP contribution in [-0.4, -0.2) is 52.4 Å². The van der Waals surface area contributed by atoms with Crippen LogP contribution in [0.1, 0.15) is 37.3 Å². The van der Waals surface area contributed by atoms with Gasteiger partial charge in [0.1, 0.15) is 5.75 Å². The summed E-state index contributed by atoms with van der Waals surface area (Å²) in [4.78, 5) is 28.4. The average molecular weight is 469 g/mol. The number of nitrogens with zero attached hydrogens (tertiary/aromatic N) is 1. The second-order valence-electron chi connectivity index (χ2n) is 8.55. The number of ether oxygens (including phenoxy) is 4. The SMILES string of the molecule is COc1ccc(N2C(=O)CCC(C(=O)NCC3CCCO3)C2c2ccc(OC)c(OC)c2)cc1. The van der Waals surface area contributed by atoms with Crippen LogP contribution in [0, 0.1) is 5.92 Å². The van der Waals surface area contributed by atoms with Crippen LogP contribution in [-0.2, 0) is 14.3 Å². The normalized spacial score (nSPS) is 22.4. The molecule has 2 saturated heterocycles. The minimum Gasteiger partial charge on any atom is -0.497 e. The van der Waals surface area contributed by atoms with Crippen molar-refractivity contribution < 1.29 is 28.5 Å². The van der Waals surface area contributed by atoms with Gasteiger partial charge in [-0.15, -0.1) is 0 Å². The molecule has 0 bridgehead atoms. The second kappa shape index (κ2) is 10.8. The quantitative estimate of drug-likeness (QED) is 0.638. The Morgan fingerprint density at radius 3 is 2.44 bits per heavy atom. The van der Waals surface area contributed by atoms with Gasteiger partial charge in [0.2, 0.25) is 11.8 Å². The number of piperidine rings is 1. The molecule has 2 aromatic rings. The minimum absolute atomic E-state index is 0.0341. The molecule has 4 rings (SSSR count). The van der Waals surface area contributed by atoms with E-state index in [0.717, 1.165) is 25.0 Å². The highest BCUT2D eigenvalue weighted by Gasteiger charge is 2.42. The highest BCUT2D eigenvalue weighted by molar-refractivity contribution is 5.97. The van der Waals surface area contributed by atoms with Crippen molar-refractivity contribution in [2.24, 2.45) is 5.92 Å².